The van der Waals surface area contributed by atoms with Crippen molar-refractivity contribution >= 4 is 12.1 Å². The number of amides is 1. The van der Waals surface area contributed by atoms with Crippen molar-refractivity contribution in [3.8, 4) is 0 Å². The highest BCUT2D eigenvalue weighted by atomic mass is 19.4. The van der Waals surface area contributed by atoms with Crippen LogP contribution in [0.25, 0.3) is 0 Å². The fourth-order valence-corrected chi connectivity index (χ4v) is 1.96. The van der Waals surface area contributed by atoms with Crippen LogP contribution in [0.5, 0.6) is 0 Å². The van der Waals surface area contributed by atoms with Gasteiger partial charge in [-0.3, -0.25) is 14.2 Å². The predicted octanol–water partition coefficient (Wildman–Crippen LogP) is 2.16. The summed E-state index contributed by atoms with van der Waals surface area (Å²) in [4.78, 5) is 22.2. The summed E-state index contributed by atoms with van der Waals surface area (Å²) >= 11 is 0. The summed E-state index contributed by atoms with van der Waals surface area (Å²) in [6, 6.07) is 1.38. The Hall–Kier alpha value is -1.79. The van der Waals surface area contributed by atoms with Crippen molar-refractivity contribution in [1.29, 1.82) is 0 Å². The maximum absolute atomic E-state index is 12.8. The van der Waals surface area contributed by atoms with Crippen molar-refractivity contribution < 1.29 is 18.0 Å². The molecule has 0 bridgehead atoms. The molecule has 0 atom stereocenters. The lowest BCUT2D eigenvalue weighted by Gasteiger charge is -2.30. The predicted molar refractivity (Wildman–Crippen MR) is 58.3 cm³/mol. The topological polar surface area (TPSA) is 51.1 Å². The van der Waals surface area contributed by atoms with E-state index in [0.29, 0.717) is 12.8 Å². The Kier molecular flexibility index (Phi) is 3.14. The Morgan fingerprint density at radius 2 is 2.00 bits per heavy atom. The molecule has 98 valence electrons. The van der Waals surface area contributed by atoms with Gasteiger partial charge in [0.1, 0.15) is 11.4 Å². The van der Waals surface area contributed by atoms with E-state index < -0.39 is 23.5 Å². The van der Waals surface area contributed by atoms with Crippen LogP contribution in [-0.2, 0) is 11.0 Å². The smallest absolute Gasteiger partial charge is 0.324 e. The third-order valence-electron chi connectivity index (χ3n) is 3.06. The number of alkyl halides is 3. The average molecular weight is 260 g/mol. The molecule has 1 aliphatic carbocycles. The summed E-state index contributed by atoms with van der Waals surface area (Å²) in [5.74, 6) is 0. The van der Waals surface area contributed by atoms with Crippen molar-refractivity contribution in [2.24, 2.45) is 0 Å². The van der Waals surface area contributed by atoms with Crippen LogP contribution in [0.15, 0.2) is 16.9 Å². The molecule has 0 spiro atoms. The number of rotatable bonds is 3. The maximum Gasteiger partial charge on any atom is 0.431 e. The minimum absolute atomic E-state index is 0.134. The summed E-state index contributed by atoms with van der Waals surface area (Å²) in [6.07, 6.45) is -2.40. The van der Waals surface area contributed by atoms with E-state index in [4.69, 9.17) is 0 Å². The largest absolute Gasteiger partial charge is 0.431 e. The lowest BCUT2D eigenvalue weighted by Crippen LogP contribution is -2.35. The Bertz CT molecular complexity index is 518. The van der Waals surface area contributed by atoms with Gasteiger partial charge in [-0.25, -0.2) is 0 Å². The quantitative estimate of drug-likeness (QED) is 0.847. The van der Waals surface area contributed by atoms with Crippen molar-refractivity contribution in [3.63, 3.8) is 0 Å². The highest BCUT2D eigenvalue weighted by molar-refractivity contribution is 5.70. The number of anilines is 1. The molecule has 1 heterocycles. The van der Waals surface area contributed by atoms with E-state index in [-0.39, 0.29) is 12.1 Å². The second-order valence-electron chi connectivity index (χ2n) is 4.15. The normalized spacial score (nSPS) is 16.2. The molecule has 1 aromatic rings. The number of aromatic nitrogens is 1. The highest BCUT2D eigenvalue weighted by Gasteiger charge is 2.37. The number of nitrogens with one attached hydrogen (secondary N) is 1. The van der Waals surface area contributed by atoms with Crippen LogP contribution in [0, 0.1) is 0 Å². The van der Waals surface area contributed by atoms with E-state index in [1.807, 2.05) is 0 Å². The number of hydrogen-bond donors (Lipinski definition) is 1. The Labute approximate surface area is 100 Å². The zero-order valence-corrected chi connectivity index (χ0v) is 9.33. The first kappa shape index (κ1) is 12.7. The number of carbonyl (C=O) groups excluding carboxylic acids is 1. The Morgan fingerprint density at radius 1 is 1.33 bits per heavy atom. The molecule has 0 unspecified atom stereocenters. The van der Waals surface area contributed by atoms with Crippen molar-refractivity contribution in [2.75, 3.05) is 5.32 Å². The lowest BCUT2D eigenvalue weighted by atomic mass is 9.92. The molecule has 1 fully saturated rings. The standard InChI is InChI=1S/C11H11F3N2O2/c12-11(13,14)9-5-4-8(15-6-17)10(18)16(9)7-2-1-3-7/h4-7H,1-3H2,(H,15,17). The van der Waals surface area contributed by atoms with Gasteiger partial charge in [-0.15, -0.1) is 0 Å². The molecule has 0 saturated heterocycles. The van der Waals surface area contributed by atoms with Gasteiger partial charge in [0.25, 0.3) is 5.56 Å². The summed E-state index contributed by atoms with van der Waals surface area (Å²) in [7, 11) is 0. The van der Waals surface area contributed by atoms with Crippen LogP contribution in [0.3, 0.4) is 0 Å². The van der Waals surface area contributed by atoms with Crippen LogP contribution in [0.1, 0.15) is 31.0 Å². The first-order chi connectivity index (χ1) is 8.45. The molecule has 7 heteroatoms. The molecule has 18 heavy (non-hydrogen) atoms. The summed E-state index contributed by atoms with van der Waals surface area (Å²) in [5.41, 5.74) is -1.90. The molecule has 0 aliphatic heterocycles. The van der Waals surface area contributed by atoms with E-state index in [9.17, 15) is 22.8 Å². The average Bonchev–Trinajstić information content (AvgIpc) is 2.19. The van der Waals surface area contributed by atoms with Crippen LogP contribution in [0.2, 0.25) is 0 Å². The van der Waals surface area contributed by atoms with Crippen molar-refractivity contribution in [3.05, 3.63) is 28.2 Å². The van der Waals surface area contributed by atoms with E-state index in [2.05, 4.69) is 5.32 Å². The number of hydrogen-bond acceptors (Lipinski definition) is 2. The van der Waals surface area contributed by atoms with Crippen LogP contribution < -0.4 is 10.9 Å². The summed E-state index contributed by atoms with van der Waals surface area (Å²) < 4.78 is 39.2. The van der Waals surface area contributed by atoms with Gasteiger partial charge < -0.3 is 5.32 Å². The van der Waals surface area contributed by atoms with Crippen molar-refractivity contribution in [1.82, 2.24) is 4.57 Å². The summed E-state index contributed by atoms with van der Waals surface area (Å²) in [6.45, 7) is 0. The van der Waals surface area contributed by atoms with Gasteiger partial charge in [-0.1, -0.05) is 0 Å². The molecule has 1 aliphatic rings. The Balaban J connectivity index is 2.57. The first-order valence-electron chi connectivity index (χ1n) is 5.48. The highest BCUT2D eigenvalue weighted by Crippen LogP contribution is 2.36. The number of pyridine rings is 1. The van der Waals surface area contributed by atoms with Crippen LogP contribution in [0.4, 0.5) is 18.9 Å². The molecule has 0 aromatic carbocycles. The number of carbonyl (C=O) groups is 1. The van der Waals surface area contributed by atoms with Gasteiger partial charge in [0.15, 0.2) is 0 Å². The zero-order valence-electron chi connectivity index (χ0n) is 9.33. The Morgan fingerprint density at radius 3 is 2.44 bits per heavy atom. The second kappa shape index (κ2) is 4.47. The van der Waals surface area contributed by atoms with Crippen LogP contribution >= 0.6 is 0 Å². The number of halogens is 3. The molecule has 0 radical (unpaired) electrons. The van der Waals surface area contributed by atoms with Gasteiger partial charge in [-0.2, -0.15) is 13.2 Å². The van der Waals surface area contributed by atoms with E-state index >= 15 is 0 Å². The van der Waals surface area contributed by atoms with Gasteiger partial charge in [0, 0.05) is 6.04 Å². The van der Waals surface area contributed by atoms with E-state index in [1.165, 1.54) is 0 Å². The van der Waals surface area contributed by atoms with E-state index in [0.717, 1.165) is 23.1 Å². The fraction of sp³-hybridized carbons (Fsp3) is 0.455. The minimum atomic E-state index is -4.57. The molecule has 1 aromatic heterocycles. The third-order valence-corrected chi connectivity index (χ3v) is 3.06. The molecular weight excluding hydrogens is 249 g/mol. The molecule has 2 rings (SSSR count). The molecule has 1 N–H and O–H groups in total. The third kappa shape index (κ3) is 2.12. The fourth-order valence-electron chi connectivity index (χ4n) is 1.96. The number of nitrogens with zero attached hydrogens (tertiary/aromatic N) is 1. The van der Waals surface area contributed by atoms with Crippen LogP contribution in [-0.4, -0.2) is 11.0 Å². The SMILES string of the molecule is O=CNc1ccc(C(F)(F)F)n(C2CCC2)c1=O. The monoisotopic (exact) mass is 260 g/mol. The maximum atomic E-state index is 12.8. The molecular formula is C11H11F3N2O2. The first-order valence-corrected chi connectivity index (χ1v) is 5.48. The van der Waals surface area contributed by atoms with Gasteiger partial charge in [-0.05, 0) is 31.4 Å². The van der Waals surface area contributed by atoms with Crippen molar-refractivity contribution in [2.45, 2.75) is 31.5 Å². The lowest BCUT2D eigenvalue weighted by molar-refractivity contribution is -0.145. The van der Waals surface area contributed by atoms with Gasteiger partial charge >= 0.3 is 6.18 Å². The summed E-state index contributed by atoms with van der Waals surface area (Å²) in [5, 5.41) is 2.12. The zero-order chi connectivity index (χ0) is 13.3. The molecule has 4 nitrogen and oxygen atoms in total. The van der Waals surface area contributed by atoms with E-state index in [1.54, 1.807) is 0 Å². The molecule has 1 amide bonds. The van der Waals surface area contributed by atoms with Gasteiger partial charge in [0.2, 0.25) is 6.41 Å². The second-order valence-corrected chi connectivity index (χ2v) is 4.15. The van der Waals surface area contributed by atoms with Gasteiger partial charge in [0.05, 0.1) is 0 Å². The minimum Gasteiger partial charge on any atom is -0.324 e. The molecule has 1 saturated carbocycles.